The van der Waals surface area contributed by atoms with Gasteiger partial charge in [-0.2, -0.15) is 0 Å². The summed E-state index contributed by atoms with van der Waals surface area (Å²) in [7, 11) is 1.71. The number of nitrogens with two attached hydrogens (primary N) is 1. The molecule has 0 aromatic heterocycles. The van der Waals surface area contributed by atoms with Gasteiger partial charge in [-0.15, -0.1) is 0 Å². The van der Waals surface area contributed by atoms with E-state index in [1.165, 1.54) is 11.1 Å². The summed E-state index contributed by atoms with van der Waals surface area (Å²) in [4.78, 5) is 11.3. The molecule has 4 nitrogen and oxygen atoms in total. The van der Waals surface area contributed by atoms with Crippen LogP contribution in [0.1, 0.15) is 49.7 Å². The zero-order valence-electron chi connectivity index (χ0n) is 12.9. The monoisotopic (exact) mass is 291 g/mol. The molecule has 2 atom stereocenters. The number of ether oxygens (including phenoxy) is 2. The fourth-order valence-electron chi connectivity index (χ4n) is 3.20. The topological polar surface area (TPSA) is 61.5 Å². The molecule has 116 valence electrons. The van der Waals surface area contributed by atoms with Gasteiger partial charge in [0.1, 0.15) is 5.75 Å². The van der Waals surface area contributed by atoms with Crippen molar-refractivity contribution in [3.63, 3.8) is 0 Å². The molecule has 0 radical (unpaired) electrons. The third-order valence-electron chi connectivity index (χ3n) is 4.17. The minimum Gasteiger partial charge on any atom is -0.496 e. The van der Waals surface area contributed by atoms with Crippen molar-refractivity contribution in [3.8, 4) is 5.75 Å². The highest BCUT2D eigenvalue weighted by molar-refractivity contribution is 5.69. The molecule has 4 heteroatoms. The molecule has 2 N–H and O–H groups in total. The summed E-state index contributed by atoms with van der Waals surface area (Å²) in [5.74, 6) is 1.17. The molecule has 0 fully saturated rings. The van der Waals surface area contributed by atoms with Crippen molar-refractivity contribution in [1.82, 2.24) is 0 Å². The number of hydrogen-bond donors (Lipinski definition) is 1. The first kappa shape index (κ1) is 15.8. The van der Waals surface area contributed by atoms with E-state index in [1.807, 2.05) is 19.1 Å². The van der Waals surface area contributed by atoms with E-state index in [-0.39, 0.29) is 12.0 Å². The predicted octanol–water partition coefficient (Wildman–Crippen LogP) is 2.79. The van der Waals surface area contributed by atoms with Crippen LogP contribution in [-0.2, 0) is 16.0 Å². The molecule has 2 rings (SSSR count). The van der Waals surface area contributed by atoms with Crippen LogP contribution in [0.4, 0.5) is 0 Å². The number of esters is 1. The second-order valence-corrected chi connectivity index (χ2v) is 5.56. The number of hydrogen-bond acceptors (Lipinski definition) is 4. The molecule has 0 bridgehead atoms. The lowest BCUT2D eigenvalue weighted by Gasteiger charge is -2.18. The van der Waals surface area contributed by atoms with Gasteiger partial charge in [-0.25, -0.2) is 0 Å². The van der Waals surface area contributed by atoms with Crippen LogP contribution in [-0.4, -0.2) is 25.7 Å². The first-order valence-corrected chi connectivity index (χ1v) is 7.74. The smallest absolute Gasteiger partial charge is 0.305 e. The molecule has 0 saturated carbocycles. The summed E-state index contributed by atoms with van der Waals surface area (Å²) >= 11 is 0. The minimum atomic E-state index is -0.105. The summed E-state index contributed by atoms with van der Waals surface area (Å²) in [5, 5.41) is 0. The quantitative estimate of drug-likeness (QED) is 0.620. The van der Waals surface area contributed by atoms with Gasteiger partial charge in [-0.05, 0) is 37.8 Å². The molecular weight excluding hydrogens is 266 g/mol. The molecule has 1 aliphatic carbocycles. The average molecular weight is 291 g/mol. The van der Waals surface area contributed by atoms with Crippen molar-refractivity contribution in [2.45, 2.75) is 51.0 Å². The third-order valence-corrected chi connectivity index (χ3v) is 4.17. The van der Waals surface area contributed by atoms with Crippen molar-refractivity contribution in [3.05, 3.63) is 29.3 Å². The maximum absolute atomic E-state index is 11.3. The Labute approximate surface area is 126 Å². The number of fused-ring (bicyclic) bond motifs is 1. The number of methoxy groups -OCH3 is 1. The van der Waals surface area contributed by atoms with Gasteiger partial charge in [-0.1, -0.05) is 18.6 Å². The first-order chi connectivity index (χ1) is 10.2. The zero-order chi connectivity index (χ0) is 15.2. The molecule has 0 aliphatic heterocycles. The Hall–Kier alpha value is -1.55. The number of benzene rings is 1. The Bertz CT molecular complexity index is 487. The molecule has 1 aromatic carbocycles. The average Bonchev–Trinajstić information content (AvgIpc) is 2.79. The Morgan fingerprint density at radius 1 is 1.38 bits per heavy atom. The number of carbonyl (C=O) groups excluding carboxylic acids is 1. The summed E-state index contributed by atoms with van der Waals surface area (Å²) in [6.07, 6.45) is 4.23. The van der Waals surface area contributed by atoms with Gasteiger partial charge in [0.15, 0.2) is 0 Å². The summed E-state index contributed by atoms with van der Waals surface area (Å²) < 4.78 is 10.4. The second kappa shape index (κ2) is 7.46. The zero-order valence-corrected chi connectivity index (χ0v) is 12.9. The van der Waals surface area contributed by atoms with Gasteiger partial charge in [0.25, 0.3) is 0 Å². The second-order valence-electron chi connectivity index (χ2n) is 5.56. The van der Waals surface area contributed by atoms with Crippen molar-refractivity contribution in [1.29, 1.82) is 0 Å². The maximum atomic E-state index is 11.3. The Morgan fingerprint density at radius 3 is 2.90 bits per heavy atom. The number of carbonyl (C=O) groups is 1. The van der Waals surface area contributed by atoms with Gasteiger partial charge in [-0.3, -0.25) is 4.79 Å². The molecule has 0 amide bonds. The van der Waals surface area contributed by atoms with E-state index in [4.69, 9.17) is 15.2 Å². The predicted molar refractivity (Wildman–Crippen MR) is 82.5 cm³/mol. The van der Waals surface area contributed by atoms with E-state index in [0.717, 1.165) is 31.4 Å². The van der Waals surface area contributed by atoms with Crippen LogP contribution in [0.3, 0.4) is 0 Å². The highest BCUT2D eigenvalue weighted by Crippen LogP contribution is 2.41. The SMILES string of the molecule is CCOC(=O)CCCCC1c2c(cccc2OC)CC1N. The third kappa shape index (κ3) is 3.76. The highest BCUT2D eigenvalue weighted by atomic mass is 16.5. The van der Waals surface area contributed by atoms with Crippen LogP contribution in [0, 0.1) is 0 Å². The van der Waals surface area contributed by atoms with Crippen LogP contribution >= 0.6 is 0 Å². The maximum Gasteiger partial charge on any atom is 0.305 e. The van der Waals surface area contributed by atoms with Gasteiger partial charge in [0.2, 0.25) is 0 Å². The normalized spacial score (nSPS) is 20.1. The van der Waals surface area contributed by atoms with Crippen molar-refractivity contribution in [2.24, 2.45) is 5.73 Å². The lowest BCUT2D eigenvalue weighted by molar-refractivity contribution is -0.143. The molecule has 0 spiro atoms. The number of rotatable bonds is 7. The molecule has 1 aliphatic rings. The van der Waals surface area contributed by atoms with Crippen molar-refractivity contribution >= 4 is 5.97 Å². The molecule has 21 heavy (non-hydrogen) atoms. The summed E-state index contributed by atoms with van der Waals surface area (Å²) in [6.45, 7) is 2.29. The lowest BCUT2D eigenvalue weighted by Crippen LogP contribution is -2.25. The van der Waals surface area contributed by atoms with E-state index < -0.39 is 0 Å². The van der Waals surface area contributed by atoms with E-state index in [1.54, 1.807) is 7.11 Å². The number of unbranched alkanes of at least 4 members (excludes halogenated alkanes) is 1. The van der Waals surface area contributed by atoms with Crippen LogP contribution in [0.25, 0.3) is 0 Å². The van der Waals surface area contributed by atoms with Crippen molar-refractivity contribution < 1.29 is 14.3 Å². The van der Waals surface area contributed by atoms with E-state index in [2.05, 4.69) is 6.07 Å². The van der Waals surface area contributed by atoms with E-state index in [0.29, 0.717) is 18.9 Å². The van der Waals surface area contributed by atoms with Crippen molar-refractivity contribution in [2.75, 3.05) is 13.7 Å². The minimum absolute atomic E-state index is 0.105. The van der Waals surface area contributed by atoms with Crippen LogP contribution in [0.5, 0.6) is 5.75 Å². The Morgan fingerprint density at radius 2 is 2.19 bits per heavy atom. The molecule has 1 aromatic rings. The van der Waals surface area contributed by atoms with Gasteiger partial charge >= 0.3 is 5.97 Å². The fourth-order valence-corrected chi connectivity index (χ4v) is 3.20. The molecular formula is C17H25NO3. The van der Waals surface area contributed by atoms with E-state index >= 15 is 0 Å². The van der Waals surface area contributed by atoms with Crippen LogP contribution in [0.15, 0.2) is 18.2 Å². The van der Waals surface area contributed by atoms with Crippen LogP contribution in [0.2, 0.25) is 0 Å². The fraction of sp³-hybridized carbons (Fsp3) is 0.588. The largest absolute Gasteiger partial charge is 0.496 e. The van der Waals surface area contributed by atoms with Gasteiger partial charge in [0.05, 0.1) is 13.7 Å². The van der Waals surface area contributed by atoms with E-state index in [9.17, 15) is 4.79 Å². The molecule has 0 heterocycles. The Kier molecular flexibility index (Phi) is 5.62. The highest BCUT2D eigenvalue weighted by Gasteiger charge is 2.32. The Balaban J connectivity index is 1.92. The van der Waals surface area contributed by atoms with Crippen LogP contribution < -0.4 is 10.5 Å². The van der Waals surface area contributed by atoms with Gasteiger partial charge < -0.3 is 15.2 Å². The standard InChI is InChI=1S/C17H25NO3/c1-3-21-16(19)10-5-4-8-13-14(18)11-12-7-6-9-15(20-2)17(12)13/h6-7,9,13-14H,3-5,8,10-11,18H2,1-2H3. The lowest BCUT2D eigenvalue weighted by atomic mass is 9.92. The summed E-state index contributed by atoms with van der Waals surface area (Å²) in [6, 6.07) is 6.31. The molecule has 0 saturated heterocycles. The first-order valence-electron chi connectivity index (χ1n) is 7.74. The summed E-state index contributed by atoms with van der Waals surface area (Å²) in [5.41, 5.74) is 8.87. The van der Waals surface area contributed by atoms with Gasteiger partial charge in [0, 0.05) is 23.9 Å². The molecule has 2 unspecified atom stereocenters.